The van der Waals surface area contributed by atoms with Gasteiger partial charge in [0.1, 0.15) is 0 Å². The molecule has 0 aromatic heterocycles. The van der Waals surface area contributed by atoms with E-state index in [0.717, 1.165) is 0 Å². The molecule has 0 unspecified atom stereocenters. The van der Waals surface area contributed by atoms with Crippen molar-refractivity contribution < 1.29 is 24.3 Å². The van der Waals surface area contributed by atoms with Crippen LogP contribution in [0.2, 0.25) is 0 Å². The summed E-state index contributed by atoms with van der Waals surface area (Å²) < 4.78 is 0. The Hall–Kier alpha value is -0.730. The predicted octanol–water partition coefficient (Wildman–Crippen LogP) is 2.05. The van der Waals surface area contributed by atoms with Gasteiger partial charge < -0.3 is 11.1 Å². The molecule has 132 valence electrons. The monoisotopic (exact) mass is 320 g/mol. The standard InChI is InChI=1S/C15H32N2O5/c1-13(2,3)19-21-15(7,22-20-14(4,5)6)9-8-12(18)17-11-10-16/h8-11,16H2,1-7H3,(H,17,18). The van der Waals surface area contributed by atoms with Crippen LogP contribution in [-0.2, 0) is 24.3 Å². The summed E-state index contributed by atoms with van der Waals surface area (Å²) in [6, 6.07) is 0. The van der Waals surface area contributed by atoms with Gasteiger partial charge in [0.2, 0.25) is 11.7 Å². The summed E-state index contributed by atoms with van der Waals surface area (Å²) in [5, 5.41) is 2.69. The lowest BCUT2D eigenvalue weighted by Gasteiger charge is -2.32. The summed E-state index contributed by atoms with van der Waals surface area (Å²) in [6.45, 7) is 13.6. The maximum absolute atomic E-state index is 11.7. The normalized spacial score (nSPS) is 13.3. The van der Waals surface area contributed by atoms with E-state index in [1.807, 2.05) is 41.5 Å². The van der Waals surface area contributed by atoms with Crippen LogP contribution in [0.25, 0.3) is 0 Å². The molecule has 7 heteroatoms. The first-order chi connectivity index (χ1) is 9.87. The first-order valence-electron chi connectivity index (χ1n) is 7.57. The zero-order valence-corrected chi connectivity index (χ0v) is 14.9. The van der Waals surface area contributed by atoms with Crippen molar-refractivity contribution in [3.8, 4) is 0 Å². The number of hydrogen-bond donors (Lipinski definition) is 2. The van der Waals surface area contributed by atoms with Gasteiger partial charge in [0.25, 0.3) is 0 Å². The van der Waals surface area contributed by atoms with Gasteiger partial charge >= 0.3 is 0 Å². The van der Waals surface area contributed by atoms with Gasteiger partial charge in [-0.05, 0) is 48.5 Å². The molecule has 0 saturated carbocycles. The lowest BCUT2D eigenvalue weighted by molar-refractivity contribution is -0.537. The van der Waals surface area contributed by atoms with E-state index >= 15 is 0 Å². The van der Waals surface area contributed by atoms with Crippen LogP contribution in [0.4, 0.5) is 0 Å². The molecule has 0 aromatic carbocycles. The van der Waals surface area contributed by atoms with Crippen molar-refractivity contribution in [2.75, 3.05) is 13.1 Å². The minimum Gasteiger partial charge on any atom is -0.355 e. The number of nitrogens with two attached hydrogens (primary N) is 1. The van der Waals surface area contributed by atoms with Crippen LogP contribution in [0.3, 0.4) is 0 Å². The summed E-state index contributed by atoms with van der Waals surface area (Å²) in [6.07, 6.45) is 0.479. The zero-order valence-electron chi connectivity index (χ0n) is 14.9. The molecular formula is C15H32N2O5. The van der Waals surface area contributed by atoms with Crippen molar-refractivity contribution in [1.29, 1.82) is 0 Å². The van der Waals surface area contributed by atoms with Crippen molar-refractivity contribution in [2.45, 2.75) is 78.3 Å². The third kappa shape index (κ3) is 11.9. The second kappa shape index (κ2) is 8.79. The molecule has 0 heterocycles. The molecule has 0 spiro atoms. The van der Waals surface area contributed by atoms with Crippen molar-refractivity contribution >= 4 is 5.91 Å². The van der Waals surface area contributed by atoms with Gasteiger partial charge in [-0.1, -0.05) is 0 Å². The van der Waals surface area contributed by atoms with E-state index in [9.17, 15) is 4.79 Å². The number of amides is 1. The number of carbonyl (C=O) groups excluding carboxylic acids is 1. The Labute approximate surface area is 133 Å². The second-order valence-corrected chi connectivity index (χ2v) is 7.33. The Bertz CT molecular complexity index is 316. The minimum absolute atomic E-state index is 0.129. The molecular weight excluding hydrogens is 288 g/mol. The fourth-order valence-electron chi connectivity index (χ4n) is 1.16. The number of nitrogens with one attached hydrogen (secondary N) is 1. The van der Waals surface area contributed by atoms with Gasteiger partial charge in [0.05, 0.1) is 11.2 Å². The van der Waals surface area contributed by atoms with Crippen LogP contribution < -0.4 is 11.1 Å². The van der Waals surface area contributed by atoms with Gasteiger partial charge in [-0.25, -0.2) is 9.78 Å². The van der Waals surface area contributed by atoms with E-state index in [0.29, 0.717) is 13.1 Å². The third-order valence-corrected chi connectivity index (χ3v) is 2.21. The molecule has 0 radical (unpaired) electrons. The number of rotatable bonds is 9. The third-order valence-electron chi connectivity index (χ3n) is 2.21. The van der Waals surface area contributed by atoms with Gasteiger partial charge in [-0.3, -0.25) is 4.79 Å². The van der Waals surface area contributed by atoms with Crippen molar-refractivity contribution in [3.05, 3.63) is 0 Å². The van der Waals surface area contributed by atoms with Gasteiger partial charge in [-0.15, -0.1) is 0 Å². The molecule has 0 aliphatic carbocycles. The number of carbonyl (C=O) groups is 1. The van der Waals surface area contributed by atoms with Crippen LogP contribution in [0.5, 0.6) is 0 Å². The molecule has 0 saturated heterocycles. The lowest BCUT2D eigenvalue weighted by Crippen LogP contribution is -2.40. The first kappa shape index (κ1) is 21.3. The average molecular weight is 320 g/mol. The molecule has 0 aromatic rings. The van der Waals surface area contributed by atoms with Crippen molar-refractivity contribution in [3.63, 3.8) is 0 Å². The SMILES string of the molecule is CC(C)(C)OOC(C)(CCC(=O)NCCN)OOC(C)(C)C. The van der Waals surface area contributed by atoms with E-state index in [4.69, 9.17) is 25.3 Å². The quantitative estimate of drug-likeness (QED) is 0.384. The largest absolute Gasteiger partial charge is 0.355 e. The summed E-state index contributed by atoms with van der Waals surface area (Å²) >= 11 is 0. The second-order valence-electron chi connectivity index (χ2n) is 7.33. The van der Waals surface area contributed by atoms with Crippen LogP contribution in [-0.4, -0.2) is 36.0 Å². The van der Waals surface area contributed by atoms with Crippen molar-refractivity contribution in [1.82, 2.24) is 5.32 Å². The molecule has 0 atom stereocenters. The summed E-state index contributed by atoms with van der Waals surface area (Å²) in [5.74, 6) is -1.32. The van der Waals surface area contributed by atoms with E-state index in [2.05, 4.69) is 5.32 Å². The minimum atomic E-state index is -1.19. The number of hydrogen-bond acceptors (Lipinski definition) is 6. The average Bonchev–Trinajstić information content (AvgIpc) is 2.37. The van der Waals surface area contributed by atoms with Crippen LogP contribution >= 0.6 is 0 Å². The maximum Gasteiger partial charge on any atom is 0.231 e. The smallest absolute Gasteiger partial charge is 0.231 e. The van der Waals surface area contributed by atoms with E-state index < -0.39 is 17.0 Å². The van der Waals surface area contributed by atoms with Crippen LogP contribution in [0.15, 0.2) is 0 Å². The summed E-state index contributed by atoms with van der Waals surface area (Å²) in [4.78, 5) is 33.1. The Kier molecular flexibility index (Phi) is 8.49. The lowest BCUT2D eigenvalue weighted by atomic mass is 10.1. The van der Waals surface area contributed by atoms with E-state index in [1.165, 1.54) is 0 Å². The molecule has 3 N–H and O–H groups in total. The first-order valence-corrected chi connectivity index (χ1v) is 7.57. The molecule has 22 heavy (non-hydrogen) atoms. The topological polar surface area (TPSA) is 92.0 Å². The Balaban J connectivity index is 4.59. The van der Waals surface area contributed by atoms with Crippen LogP contribution in [0.1, 0.15) is 61.3 Å². The van der Waals surface area contributed by atoms with Gasteiger partial charge in [0, 0.05) is 25.9 Å². The molecule has 0 aliphatic heterocycles. The summed E-state index contributed by atoms with van der Waals surface area (Å²) in [5.41, 5.74) is 4.33. The molecule has 0 bridgehead atoms. The highest BCUT2D eigenvalue weighted by atomic mass is 17.3. The molecule has 0 aliphatic rings. The molecule has 0 fully saturated rings. The van der Waals surface area contributed by atoms with Gasteiger partial charge in [-0.2, -0.15) is 9.78 Å². The molecule has 7 nitrogen and oxygen atoms in total. The zero-order chi connectivity index (χ0) is 17.4. The summed E-state index contributed by atoms with van der Waals surface area (Å²) in [7, 11) is 0. The molecule has 1 amide bonds. The fraction of sp³-hybridized carbons (Fsp3) is 0.933. The predicted molar refractivity (Wildman–Crippen MR) is 83.5 cm³/mol. The highest BCUT2D eigenvalue weighted by Crippen LogP contribution is 2.25. The fourth-order valence-corrected chi connectivity index (χ4v) is 1.16. The van der Waals surface area contributed by atoms with E-state index in [1.54, 1.807) is 6.92 Å². The molecule has 0 rings (SSSR count). The highest BCUT2D eigenvalue weighted by Gasteiger charge is 2.34. The Morgan fingerprint density at radius 1 is 0.909 bits per heavy atom. The highest BCUT2D eigenvalue weighted by molar-refractivity contribution is 5.75. The van der Waals surface area contributed by atoms with E-state index in [-0.39, 0.29) is 18.7 Å². The Morgan fingerprint density at radius 3 is 1.73 bits per heavy atom. The Morgan fingerprint density at radius 2 is 1.36 bits per heavy atom. The van der Waals surface area contributed by atoms with Crippen LogP contribution in [0, 0.1) is 0 Å². The van der Waals surface area contributed by atoms with Crippen molar-refractivity contribution in [2.24, 2.45) is 5.73 Å². The van der Waals surface area contributed by atoms with Gasteiger partial charge in [0.15, 0.2) is 0 Å². The maximum atomic E-state index is 11.7.